The van der Waals surface area contributed by atoms with Crippen LogP contribution in [0.4, 0.5) is 4.39 Å². The fourth-order valence-corrected chi connectivity index (χ4v) is 1.91. The third-order valence-electron chi connectivity index (χ3n) is 3.17. The maximum absolute atomic E-state index is 12.9. The predicted molar refractivity (Wildman–Crippen MR) is 76.4 cm³/mol. The van der Waals surface area contributed by atoms with Crippen molar-refractivity contribution in [2.45, 2.75) is 12.5 Å². The summed E-state index contributed by atoms with van der Waals surface area (Å²) in [4.78, 5) is 11.9. The summed E-state index contributed by atoms with van der Waals surface area (Å²) >= 11 is 0. The molecule has 0 aliphatic heterocycles. The van der Waals surface area contributed by atoms with Crippen molar-refractivity contribution in [2.75, 3.05) is 6.54 Å². The number of phenols is 1. The van der Waals surface area contributed by atoms with Crippen LogP contribution < -0.4 is 5.32 Å². The molecular weight excluding hydrogens is 273 g/mol. The van der Waals surface area contributed by atoms with E-state index in [1.807, 2.05) is 0 Å². The number of aromatic hydroxyl groups is 1. The molecule has 0 fully saturated rings. The molecule has 110 valence electrons. The molecule has 0 aliphatic carbocycles. The van der Waals surface area contributed by atoms with Gasteiger partial charge in [-0.2, -0.15) is 0 Å². The minimum absolute atomic E-state index is 0.00653. The molecule has 1 amide bonds. The second kappa shape index (κ2) is 5.93. The first kappa shape index (κ1) is 15.0. The van der Waals surface area contributed by atoms with Gasteiger partial charge in [0.15, 0.2) is 0 Å². The lowest BCUT2D eigenvalue weighted by molar-refractivity contribution is 0.0526. The predicted octanol–water partition coefficient (Wildman–Crippen LogP) is 2.17. The first-order valence-electron chi connectivity index (χ1n) is 6.44. The fraction of sp³-hybridized carbons (Fsp3) is 0.188. The van der Waals surface area contributed by atoms with E-state index in [4.69, 9.17) is 0 Å². The highest BCUT2D eigenvalue weighted by atomic mass is 19.1. The number of benzene rings is 2. The van der Waals surface area contributed by atoms with Gasteiger partial charge in [0.05, 0.1) is 6.54 Å². The third-order valence-corrected chi connectivity index (χ3v) is 3.17. The van der Waals surface area contributed by atoms with E-state index in [1.165, 1.54) is 43.3 Å². The minimum Gasteiger partial charge on any atom is -0.508 e. The molecule has 3 N–H and O–H groups in total. The number of amides is 1. The molecule has 0 bridgehead atoms. The summed E-state index contributed by atoms with van der Waals surface area (Å²) in [5.74, 6) is -0.806. The Morgan fingerprint density at radius 3 is 2.52 bits per heavy atom. The zero-order valence-electron chi connectivity index (χ0n) is 11.5. The van der Waals surface area contributed by atoms with Crippen molar-refractivity contribution < 1.29 is 19.4 Å². The highest BCUT2D eigenvalue weighted by Gasteiger charge is 2.24. The van der Waals surface area contributed by atoms with E-state index in [9.17, 15) is 19.4 Å². The molecule has 5 heteroatoms. The van der Waals surface area contributed by atoms with E-state index < -0.39 is 17.3 Å². The van der Waals surface area contributed by atoms with Crippen LogP contribution in [0.2, 0.25) is 0 Å². The summed E-state index contributed by atoms with van der Waals surface area (Å²) in [6.45, 7) is 1.50. The average Bonchev–Trinajstić information content (AvgIpc) is 2.45. The van der Waals surface area contributed by atoms with Gasteiger partial charge in [0.1, 0.15) is 17.2 Å². The molecule has 0 aromatic heterocycles. The van der Waals surface area contributed by atoms with Gasteiger partial charge < -0.3 is 15.5 Å². The number of halogens is 1. The van der Waals surface area contributed by atoms with Crippen LogP contribution in [-0.4, -0.2) is 22.7 Å². The molecule has 2 rings (SSSR count). The third kappa shape index (κ3) is 3.79. The van der Waals surface area contributed by atoms with Crippen molar-refractivity contribution >= 4 is 5.91 Å². The fourth-order valence-electron chi connectivity index (χ4n) is 1.91. The topological polar surface area (TPSA) is 69.6 Å². The molecular formula is C16H16FNO3. The summed E-state index contributed by atoms with van der Waals surface area (Å²) in [6.07, 6.45) is 0. The first-order valence-corrected chi connectivity index (χ1v) is 6.44. The van der Waals surface area contributed by atoms with Gasteiger partial charge in [-0.1, -0.05) is 18.2 Å². The maximum atomic E-state index is 12.9. The summed E-state index contributed by atoms with van der Waals surface area (Å²) in [5.41, 5.74) is -0.523. The van der Waals surface area contributed by atoms with Gasteiger partial charge in [-0.3, -0.25) is 4.79 Å². The largest absolute Gasteiger partial charge is 0.508 e. The Morgan fingerprint density at radius 1 is 1.24 bits per heavy atom. The molecule has 0 heterocycles. The molecule has 2 aromatic rings. The number of carbonyl (C=O) groups is 1. The Balaban J connectivity index is 2.04. The van der Waals surface area contributed by atoms with Crippen LogP contribution in [0, 0.1) is 5.82 Å². The van der Waals surface area contributed by atoms with Gasteiger partial charge >= 0.3 is 0 Å². The standard InChI is InChI=1S/C16H16FNO3/c1-16(21,12-5-7-13(17)8-6-12)10-18-15(20)11-3-2-4-14(19)9-11/h2-9,19,21H,10H2,1H3,(H,18,20). The van der Waals surface area contributed by atoms with Crippen LogP contribution in [0.1, 0.15) is 22.8 Å². The van der Waals surface area contributed by atoms with Crippen LogP contribution in [0.25, 0.3) is 0 Å². The van der Waals surface area contributed by atoms with Crippen LogP contribution in [0.5, 0.6) is 5.75 Å². The molecule has 0 radical (unpaired) electrons. The number of nitrogens with one attached hydrogen (secondary N) is 1. The van der Waals surface area contributed by atoms with Crippen LogP contribution in [0.15, 0.2) is 48.5 Å². The molecule has 0 saturated heterocycles. The maximum Gasteiger partial charge on any atom is 0.251 e. The Labute approximate surface area is 121 Å². The molecule has 1 unspecified atom stereocenters. The summed E-state index contributed by atoms with van der Waals surface area (Å²) < 4.78 is 12.9. The first-order chi connectivity index (χ1) is 9.88. The lowest BCUT2D eigenvalue weighted by Crippen LogP contribution is -2.38. The molecule has 1 atom stereocenters. The van der Waals surface area contributed by atoms with E-state index in [0.717, 1.165) is 0 Å². The smallest absolute Gasteiger partial charge is 0.251 e. The van der Waals surface area contributed by atoms with Gasteiger partial charge in [-0.05, 0) is 42.8 Å². The van der Waals surface area contributed by atoms with Gasteiger partial charge in [0.2, 0.25) is 0 Å². The minimum atomic E-state index is -1.32. The zero-order chi connectivity index (χ0) is 15.5. The van der Waals surface area contributed by atoms with E-state index in [1.54, 1.807) is 12.1 Å². The highest BCUT2D eigenvalue weighted by Crippen LogP contribution is 2.20. The monoisotopic (exact) mass is 289 g/mol. The van der Waals surface area contributed by atoms with Gasteiger partial charge in [0, 0.05) is 5.56 Å². The van der Waals surface area contributed by atoms with Crippen molar-refractivity contribution in [1.82, 2.24) is 5.32 Å². The van der Waals surface area contributed by atoms with Crippen molar-refractivity contribution in [3.63, 3.8) is 0 Å². The number of phenolic OH excluding ortho intramolecular Hbond substituents is 1. The lowest BCUT2D eigenvalue weighted by atomic mass is 9.96. The van der Waals surface area contributed by atoms with Crippen molar-refractivity contribution in [1.29, 1.82) is 0 Å². The van der Waals surface area contributed by atoms with Gasteiger partial charge in [-0.25, -0.2) is 4.39 Å². The van der Waals surface area contributed by atoms with Crippen LogP contribution in [0.3, 0.4) is 0 Å². The Bertz CT molecular complexity index is 638. The van der Waals surface area contributed by atoms with Crippen LogP contribution >= 0.6 is 0 Å². The van der Waals surface area contributed by atoms with E-state index in [2.05, 4.69) is 5.32 Å². The average molecular weight is 289 g/mol. The quantitative estimate of drug-likeness (QED) is 0.808. The van der Waals surface area contributed by atoms with Gasteiger partial charge in [0.25, 0.3) is 5.91 Å². The highest BCUT2D eigenvalue weighted by molar-refractivity contribution is 5.94. The van der Waals surface area contributed by atoms with E-state index >= 15 is 0 Å². The number of rotatable bonds is 4. The molecule has 21 heavy (non-hydrogen) atoms. The van der Waals surface area contributed by atoms with Crippen molar-refractivity contribution in [3.8, 4) is 5.75 Å². The van der Waals surface area contributed by atoms with Gasteiger partial charge in [-0.15, -0.1) is 0 Å². The number of hydrogen-bond donors (Lipinski definition) is 3. The Hall–Kier alpha value is -2.40. The summed E-state index contributed by atoms with van der Waals surface area (Å²) in [5, 5.41) is 22.3. The lowest BCUT2D eigenvalue weighted by Gasteiger charge is -2.24. The molecule has 0 aliphatic rings. The Morgan fingerprint density at radius 2 is 1.90 bits per heavy atom. The molecule has 0 spiro atoms. The number of hydrogen-bond acceptors (Lipinski definition) is 3. The molecule has 0 saturated carbocycles. The van der Waals surface area contributed by atoms with Crippen molar-refractivity contribution in [2.24, 2.45) is 0 Å². The summed E-state index contributed by atoms with van der Waals surface area (Å²) in [6, 6.07) is 11.4. The second-order valence-corrected chi connectivity index (χ2v) is 5.01. The number of carbonyl (C=O) groups excluding carboxylic acids is 1. The summed E-state index contributed by atoms with van der Waals surface area (Å²) in [7, 11) is 0. The SMILES string of the molecule is CC(O)(CNC(=O)c1cccc(O)c1)c1ccc(F)cc1. The second-order valence-electron chi connectivity index (χ2n) is 5.01. The molecule has 2 aromatic carbocycles. The zero-order valence-corrected chi connectivity index (χ0v) is 11.5. The number of aliphatic hydroxyl groups is 1. The van der Waals surface area contributed by atoms with Crippen LogP contribution in [-0.2, 0) is 5.60 Å². The van der Waals surface area contributed by atoms with E-state index in [-0.39, 0.29) is 12.3 Å². The van der Waals surface area contributed by atoms with Crippen molar-refractivity contribution in [3.05, 3.63) is 65.5 Å². The molecule has 4 nitrogen and oxygen atoms in total. The Kier molecular flexibility index (Phi) is 4.23. The van der Waals surface area contributed by atoms with E-state index in [0.29, 0.717) is 11.1 Å². The normalized spacial score (nSPS) is 13.5.